The zero-order chi connectivity index (χ0) is 10.8. The molecule has 1 fully saturated rings. The molecule has 0 amide bonds. The number of carbonyl (C=O) groups is 1. The highest BCUT2D eigenvalue weighted by molar-refractivity contribution is 14.1. The van der Waals surface area contributed by atoms with Crippen LogP contribution in [-0.4, -0.2) is 25.1 Å². The fraction of sp³-hybridized carbons (Fsp3) is 0.364. The van der Waals surface area contributed by atoms with Gasteiger partial charge in [-0.25, -0.2) is 0 Å². The normalized spacial score (nSPS) is 24.8. The molecule has 1 aromatic rings. The second-order valence-electron chi connectivity index (χ2n) is 3.41. The van der Waals surface area contributed by atoms with Gasteiger partial charge in [0.15, 0.2) is 11.9 Å². The minimum absolute atomic E-state index is 0.119. The third-order valence-electron chi connectivity index (χ3n) is 2.43. The predicted octanol–water partition coefficient (Wildman–Crippen LogP) is 2.03. The topological polar surface area (TPSA) is 35.5 Å². The van der Waals surface area contributed by atoms with E-state index < -0.39 is 0 Å². The van der Waals surface area contributed by atoms with Crippen molar-refractivity contribution in [1.82, 2.24) is 0 Å². The Kier molecular flexibility index (Phi) is 3.25. The van der Waals surface area contributed by atoms with Crippen molar-refractivity contribution in [3.8, 4) is 5.75 Å². The van der Waals surface area contributed by atoms with Gasteiger partial charge in [0.2, 0.25) is 0 Å². The second kappa shape index (κ2) is 4.49. The fourth-order valence-electron chi connectivity index (χ4n) is 1.56. The molecule has 0 heterocycles. The fourth-order valence-corrected chi connectivity index (χ4v) is 2.07. The van der Waals surface area contributed by atoms with Crippen molar-refractivity contribution >= 4 is 28.4 Å². The van der Waals surface area contributed by atoms with Gasteiger partial charge in [-0.2, -0.15) is 0 Å². The summed E-state index contributed by atoms with van der Waals surface area (Å²) in [5.41, 5.74) is 0. The lowest BCUT2D eigenvalue weighted by Crippen LogP contribution is -2.51. The zero-order valence-electron chi connectivity index (χ0n) is 8.27. The lowest BCUT2D eigenvalue weighted by molar-refractivity contribution is -0.151. The summed E-state index contributed by atoms with van der Waals surface area (Å²) in [4.78, 5) is 11.1. The highest BCUT2D eigenvalue weighted by Gasteiger charge is 2.42. The molecule has 2 atom stereocenters. The van der Waals surface area contributed by atoms with Crippen molar-refractivity contribution in [3.63, 3.8) is 0 Å². The number of benzene rings is 1. The van der Waals surface area contributed by atoms with Crippen LogP contribution in [0.15, 0.2) is 24.3 Å². The summed E-state index contributed by atoms with van der Waals surface area (Å²) in [6.07, 6.45) is -0.0665. The molecule has 15 heavy (non-hydrogen) atoms. The van der Waals surface area contributed by atoms with Gasteiger partial charge in [0.25, 0.3) is 0 Å². The Morgan fingerprint density at radius 2 is 2.13 bits per heavy atom. The van der Waals surface area contributed by atoms with Gasteiger partial charge in [-0.3, -0.25) is 4.79 Å². The van der Waals surface area contributed by atoms with Gasteiger partial charge in [-0.05, 0) is 34.7 Å². The molecule has 1 saturated carbocycles. The molecule has 2 rings (SSSR count). The molecule has 1 aliphatic rings. The lowest BCUT2D eigenvalue weighted by Gasteiger charge is -2.33. The molecule has 0 spiro atoms. The van der Waals surface area contributed by atoms with Crippen LogP contribution in [0.3, 0.4) is 0 Å². The van der Waals surface area contributed by atoms with E-state index in [9.17, 15) is 4.79 Å². The standard InChI is InChI=1S/C11H11IO3/c1-14-11-8(13)6-10(11)15-9-5-3-2-4-7(9)12/h2-5,10-11H,6H2,1H3. The Morgan fingerprint density at radius 3 is 2.73 bits per heavy atom. The molecule has 0 aliphatic heterocycles. The summed E-state index contributed by atoms with van der Waals surface area (Å²) in [6, 6.07) is 7.74. The van der Waals surface area contributed by atoms with Crippen molar-refractivity contribution in [2.45, 2.75) is 18.6 Å². The first kappa shape index (κ1) is 10.9. The molecule has 0 N–H and O–H groups in total. The largest absolute Gasteiger partial charge is 0.486 e. The van der Waals surface area contributed by atoms with Crippen LogP contribution in [0.25, 0.3) is 0 Å². The molecule has 1 aliphatic carbocycles. The highest BCUT2D eigenvalue weighted by Crippen LogP contribution is 2.28. The number of methoxy groups -OCH3 is 1. The number of ketones is 1. The van der Waals surface area contributed by atoms with Crippen molar-refractivity contribution in [1.29, 1.82) is 0 Å². The van der Waals surface area contributed by atoms with Gasteiger partial charge in [-0.15, -0.1) is 0 Å². The number of hydrogen-bond acceptors (Lipinski definition) is 3. The van der Waals surface area contributed by atoms with Crippen LogP contribution in [0.4, 0.5) is 0 Å². The summed E-state index contributed by atoms with van der Waals surface area (Å²) in [5, 5.41) is 0. The van der Waals surface area contributed by atoms with Crippen LogP contribution in [-0.2, 0) is 9.53 Å². The minimum Gasteiger partial charge on any atom is -0.486 e. The Morgan fingerprint density at radius 1 is 1.40 bits per heavy atom. The van der Waals surface area contributed by atoms with E-state index in [2.05, 4.69) is 22.6 Å². The van der Waals surface area contributed by atoms with E-state index in [0.717, 1.165) is 9.32 Å². The first-order chi connectivity index (χ1) is 7.22. The van der Waals surface area contributed by atoms with Gasteiger partial charge in [0.1, 0.15) is 11.9 Å². The maximum atomic E-state index is 11.1. The molecule has 4 heteroatoms. The quantitative estimate of drug-likeness (QED) is 0.800. The van der Waals surface area contributed by atoms with Gasteiger partial charge < -0.3 is 9.47 Å². The monoisotopic (exact) mass is 318 g/mol. The molecule has 0 saturated heterocycles. The number of Topliss-reactive ketones (excluding diaryl/α,β-unsaturated/α-hetero) is 1. The smallest absolute Gasteiger partial charge is 0.169 e. The van der Waals surface area contributed by atoms with Crippen LogP contribution < -0.4 is 4.74 Å². The molecule has 2 unspecified atom stereocenters. The van der Waals surface area contributed by atoms with Crippen LogP contribution in [0, 0.1) is 3.57 Å². The Labute approximate surface area is 102 Å². The number of ether oxygens (including phenoxy) is 2. The van der Waals surface area contributed by atoms with E-state index >= 15 is 0 Å². The lowest BCUT2D eigenvalue weighted by atomic mass is 9.90. The Hall–Kier alpha value is -0.620. The van der Waals surface area contributed by atoms with Crippen LogP contribution in [0.5, 0.6) is 5.75 Å². The molecule has 0 aromatic heterocycles. The van der Waals surface area contributed by atoms with Gasteiger partial charge in [-0.1, -0.05) is 12.1 Å². The third kappa shape index (κ3) is 2.15. The Bertz CT molecular complexity index is 378. The SMILES string of the molecule is COC1C(=O)CC1Oc1ccccc1I. The zero-order valence-corrected chi connectivity index (χ0v) is 10.4. The number of carbonyl (C=O) groups excluding carboxylic acids is 1. The summed E-state index contributed by atoms with van der Waals surface area (Å²) in [6.45, 7) is 0. The van der Waals surface area contributed by atoms with E-state index in [-0.39, 0.29) is 18.0 Å². The number of halogens is 1. The predicted molar refractivity (Wildman–Crippen MR) is 64.0 cm³/mol. The van der Waals surface area contributed by atoms with E-state index in [4.69, 9.17) is 9.47 Å². The van der Waals surface area contributed by atoms with Crippen molar-refractivity contribution < 1.29 is 14.3 Å². The molecule has 0 bridgehead atoms. The maximum absolute atomic E-state index is 11.1. The first-order valence-corrected chi connectivity index (χ1v) is 5.77. The summed E-state index contributed by atoms with van der Waals surface area (Å²) >= 11 is 2.21. The molecule has 0 radical (unpaired) electrons. The van der Waals surface area contributed by atoms with Gasteiger partial charge in [0, 0.05) is 13.5 Å². The van der Waals surface area contributed by atoms with E-state index in [1.807, 2.05) is 24.3 Å². The Balaban J connectivity index is 2.04. The third-order valence-corrected chi connectivity index (χ3v) is 3.32. The maximum Gasteiger partial charge on any atom is 0.169 e. The van der Waals surface area contributed by atoms with Crippen LogP contribution >= 0.6 is 22.6 Å². The number of rotatable bonds is 3. The first-order valence-electron chi connectivity index (χ1n) is 4.69. The van der Waals surface area contributed by atoms with E-state index in [1.54, 1.807) is 0 Å². The molecular formula is C11H11IO3. The number of hydrogen-bond donors (Lipinski definition) is 0. The summed E-state index contributed by atoms with van der Waals surface area (Å²) in [7, 11) is 1.54. The van der Waals surface area contributed by atoms with Crippen molar-refractivity contribution in [2.24, 2.45) is 0 Å². The van der Waals surface area contributed by atoms with Gasteiger partial charge >= 0.3 is 0 Å². The highest BCUT2D eigenvalue weighted by atomic mass is 127. The van der Waals surface area contributed by atoms with Crippen LogP contribution in [0.1, 0.15) is 6.42 Å². The minimum atomic E-state index is -0.388. The molecule has 1 aromatic carbocycles. The summed E-state index contributed by atoms with van der Waals surface area (Å²) in [5.74, 6) is 0.936. The molecule has 3 nitrogen and oxygen atoms in total. The van der Waals surface area contributed by atoms with Crippen molar-refractivity contribution in [2.75, 3.05) is 7.11 Å². The summed E-state index contributed by atoms with van der Waals surface area (Å²) < 4.78 is 11.8. The van der Waals surface area contributed by atoms with Gasteiger partial charge in [0.05, 0.1) is 3.57 Å². The number of para-hydroxylation sites is 1. The van der Waals surface area contributed by atoms with Crippen molar-refractivity contribution in [3.05, 3.63) is 27.8 Å². The average Bonchev–Trinajstić information content (AvgIpc) is 2.20. The van der Waals surface area contributed by atoms with E-state index in [0.29, 0.717) is 6.42 Å². The molecular weight excluding hydrogens is 307 g/mol. The average molecular weight is 318 g/mol. The second-order valence-corrected chi connectivity index (χ2v) is 4.58. The molecule has 80 valence electrons. The van der Waals surface area contributed by atoms with E-state index in [1.165, 1.54) is 7.11 Å². The van der Waals surface area contributed by atoms with Crippen LogP contribution in [0.2, 0.25) is 0 Å².